The molecule has 5 heteroatoms. The Morgan fingerprint density at radius 1 is 1.23 bits per heavy atom. The van der Waals surface area contributed by atoms with E-state index in [0.29, 0.717) is 5.56 Å². The Morgan fingerprint density at radius 3 is 2.68 bits per heavy atom. The Hall–Kier alpha value is -2.14. The van der Waals surface area contributed by atoms with Crippen LogP contribution >= 0.6 is 15.9 Å². The summed E-state index contributed by atoms with van der Waals surface area (Å²) in [6, 6.07) is 13.4. The van der Waals surface area contributed by atoms with Crippen LogP contribution in [0.5, 0.6) is 0 Å². The van der Waals surface area contributed by atoms with Crippen molar-refractivity contribution in [3.63, 3.8) is 0 Å². The molecule has 1 aromatic heterocycles. The molecule has 2 N–H and O–H groups in total. The van der Waals surface area contributed by atoms with E-state index in [9.17, 15) is 4.79 Å². The van der Waals surface area contributed by atoms with Crippen LogP contribution in [0.2, 0.25) is 0 Å². The number of benzene rings is 2. The van der Waals surface area contributed by atoms with E-state index in [2.05, 4.69) is 31.4 Å². The third-order valence-electron chi connectivity index (χ3n) is 3.72. The van der Waals surface area contributed by atoms with Crippen molar-refractivity contribution in [2.24, 2.45) is 0 Å². The summed E-state index contributed by atoms with van der Waals surface area (Å²) in [6.07, 6.45) is 0. The van der Waals surface area contributed by atoms with Crippen molar-refractivity contribution in [1.29, 1.82) is 0 Å². The molecule has 0 spiro atoms. The molecular formula is C17H16BrN3O. The zero-order chi connectivity index (χ0) is 15.7. The average Bonchev–Trinajstić information content (AvgIpc) is 2.88. The zero-order valence-corrected chi connectivity index (χ0v) is 13.9. The lowest BCUT2D eigenvalue weighted by atomic mass is 10.1. The third-order valence-corrected chi connectivity index (χ3v) is 4.25. The van der Waals surface area contributed by atoms with Crippen LogP contribution in [-0.4, -0.2) is 16.1 Å². The average molecular weight is 358 g/mol. The van der Waals surface area contributed by atoms with E-state index in [1.807, 2.05) is 50.2 Å². The van der Waals surface area contributed by atoms with Crippen molar-refractivity contribution in [3.8, 4) is 0 Å². The van der Waals surface area contributed by atoms with E-state index in [0.717, 1.165) is 26.6 Å². The van der Waals surface area contributed by atoms with E-state index in [-0.39, 0.29) is 11.9 Å². The maximum absolute atomic E-state index is 12.4. The molecule has 2 aromatic carbocycles. The Balaban J connectivity index is 1.80. The van der Waals surface area contributed by atoms with Crippen molar-refractivity contribution in [3.05, 3.63) is 63.8 Å². The smallest absolute Gasteiger partial charge is 0.251 e. The summed E-state index contributed by atoms with van der Waals surface area (Å²) in [5, 5.41) is 11.1. The first-order valence-corrected chi connectivity index (χ1v) is 7.85. The number of rotatable bonds is 3. The van der Waals surface area contributed by atoms with E-state index in [4.69, 9.17) is 0 Å². The summed E-state index contributed by atoms with van der Waals surface area (Å²) in [7, 11) is 0. The van der Waals surface area contributed by atoms with Gasteiger partial charge in [0.1, 0.15) is 0 Å². The van der Waals surface area contributed by atoms with Gasteiger partial charge in [-0.25, -0.2) is 0 Å². The lowest BCUT2D eigenvalue weighted by Gasteiger charge is -2.14. The number of carbonyl (C=O) groups excluding carboxylic acids is 1. The number of fused-ring (bicyclic) bond motifs is 1. The fourth-order valence-electron chi connectivity index (χ4n) is 2.39. The number of hydrogen-bond donors (Lipinski definition) is 2. The molecule has 0 fully saturated rings. The van der Waals surface area contributed by atoms with Gasteiger partial charge in [-0.3, -0.25) is 9.89 Å². The van der Waals surface area contributed by atoms with Gasteiger partial charge in [0.25, 0.3) is 5.91 Å². The minimum Gasteiger partial charge on any atom is -0.346 e. The Bertz CT molecular complexity index is 824. The van der Waals surface area contributed by atoms with Crippen molar-refractivity contribution < 1.29 is 4.79 Å². The molecule has 0 aliphatic heterocycles. The fraction of sp³-hybridized carbons (Fsp3) is 0.176. The van der Waals surface area contributed by atoms with Crippen LogP contribution in [0.25, 0.3) is 10.9 Å². The van der Waals surface area contributed by atoms with Crippen LogP contribution < -0.4 is 5.32 Å². The second-order valence-corrected chi connectivity index (χ2v) is 6.24. The molecule has 0 saturated carbocycles. The van der Waals surface area contributed by atoms with Gasteiger partial charge in [0, 0.05) is 21.1 Å². The van der Waals surface area contributed by atoms with E-state index in [1.165, 1.54) is 0 Å². The first-order chi connectivity index (χ1) is 10.5. The van der Waals surface area contributed by atoms with Gasteiger partial charge in [-0.1, -0.05) is 28.1 Å². The highest BCUT2D eigenvalue weighted by Gasteiger charge is 2.13. The molecule has 4 nitrogen and oxygen atoms in total. The summed E-state index contributed by atoms with van der Waals surface area (Å²) in [6.45, 7) is 3.92. The minimum absolute atomic E-state index is 0.0539. The van der Waals surface area contributed by atoms with Crippen LogP contribution in [0, 0.1) is 6.92 Å². The van der Waals surface area contributed by atoms with Crippen LogP contribution in [0.1, 0.15) is 34.6 Å². The number of aromatic nitrogens is 2. The van der Waals surface area contributed by atoms with Gasteiger partial charge in [0.05, 0.1) is 11.6 Å². The van der Waals surface area contributed by atoms with Crippen molar-refractivity contribution in [1.82, 2.24) is 15.5 Å². The molecule has 3 rings (SSSR count). The number of nitrogens with one attached hydrogen (secondary N) is 2. The van der Waals surface area contributed by atoms with Crippen LogP contribution in [0.15, 0.2) is 46.9 Å². The Morgan fingerprint density at radius 2 is 1.95 bits per heavy atom. The summed E-state index contributed by atoms with van der Waals surface area (Å²) in [4.78, 5) is 12.4. The van der Waals surface area contributed by atoms with Crippen molar-refractivity contribution in [2.45, 2.75) is 19.9 Å². The molecule has 0 radical (unpaired) electrons. The normalized spacial score (nSPS) is 12.3. The molecular weight excluding hydrogens is 342 g/mol. The first kappa shape index (κ1) is 14.8. The molecule has 112 valence electrons. The van der Waals surface area contributed by atoms with Crippen LogP contribution in [0.4, 0.5) is 0 Å². The zero-order valence-electron chi connectivity index (χ0n) is 12.4. The number of aryl methyl sites for hydroxylation is 1. The molecule has 1 heterocycles. The topological polar surface area (TPSA) is 57.8 Å². The van der Waals surface area contributed by atoms with Crippen molar-refractivity contribution >= 4 is 32.7 Å². The Kier molecular flexibility index (Phi) is 3.98. The number of halogens is 1. The predicted octanol–water partition coefficient (Wildman–Crippen LogP) is 4.12. The van der Waals surface area contributed by atoms with Gasteiger partial charge in [0.2, 0.25) is 0 Å². The van der Waals surface area contributed by atoms with Gasteiger partial charge in [0.15, 0.2) is 0 Å². The van der Waals surface area contributed by atoms with E-state index in [1.54, 1.807) is 6.07 Å². The second kappa shape index (κ2) is 5.93. The highest BCUT2D eigenvalue weighted by molar-refractivity contribution is 9.10. The number of amides is 1. The number of nitrogens with zero attached hydrogens (tertiary/aromatic N) is 1. The lowest BCUT2D eigenvalue weighted by molar-refractivity contribution is 0.0940. The fourth-order valence-corrected chi connectivity index (χ4v) is 2.66. The van der Waals surface area contributed by atoms with Crippen LogP contribution in [0.3, 0.4) is 0 Å². The largest absolute Gasteiger partial charge is 0.346 e. The van der Waals surface area contributed by atoms with Gasteiger partial charge in [-0.05, 0) is 49.7 Å². The molecule has 0 aliphatic carbocycles. The third kappa shape index (κ3) is 2.90. The second-order valence-electron chi connectivity index (χ2n) is 5.33. The van der Waals surface area contributed by atoms with Crippen molar-refractivity contribution in [2.75, 3.05) is 0 Å². The standard InChI is InChI=1S/C17H16BrN3O/c1-10(12-3-6-14(18)7-4-12)19-17(22)13-5-8-16-15(9-13)11(2)20-21-16/h3-10H,1-2H3,(H,19,22)(H,20,21). The summed E-state index contributed by atoms with van der Waals surface area (Å²) in [5.74, 6) is -0.0853. The lowest BCUT2D eigenvalue weighted by Crippen LogP contribution is -2.26. The molecule has 22 heavy (non-hydrogen) atoms. The highest BCUT2D eigenvalue weighted by atomic mass is 79.9. The number of carbonyl (C=O) groups is 1. The molecule has 1 unspecified atom stereocenters. The summed E-state index contributed by atoms with van der Waals surface area (Å²) in [5.41, 5.74) is 3.54. The van der Waals surface area contributed by atoms with Gasteiger partial charge in [-0.2, -0.15) is 5.10 Å². The SMILES string of the molecule is Cc1[nH]nc2ccc(C(=O)NC(C)c3ccc(Br)cc3)cc12. The van der Waals surface area contributed by atoms with Gasteiger partial charge in [-0.15, -0.1) is 0 Å². The first-order valence-electron chi connectivity index (χ1n) is 7.05. The van der Waals surface area contributed by atoms with Gasteiger partial charge < -0.3 is 5.32 Å². The molecule has 0 saturated heterocycles. The number of hydrogen-bond acceptors (Lipinski definition) is 2. The maximum atomic E-state index is 12.4. The summed E-state index contributed by atoms with van der Waals surface area (Å²) >= 11 is 3.41. The Labute approximate surface area is 137 Å². The highest BCUT2D eigenvalue weighted by Crippen LogP contribution is 2.19. The molecule has 3 aromatic rings. The molecule has 0 bridgehead atoms. The van der Waals surface area contributed by atoms with E-state index < -0.39 is 0 Å². The quantitative estimate of drug-likeness (QED) is 0.740. The van der Waals surface area contributed by atoms with Crippen LogP contribution in [-0.2, 0) is 0 Å². The number of H-pyrrole nitrogens is 1. The molecule has 1 amide bonds. The summed E-state index contributed by atoms with van der Waals surface area (Å²) < 4.78 is 1.02. The minimum atomic E-state index is -0.0853. The van der Waals surface area contributed by atoms with E-state index >= 15 is 0 Å². The predicted molar refractivity (Wildman–Crippen MR) is 90.9 cm³/mol. The molecule has 0 aliphatic rings. The number of aromatic amines is 1. The van der Waals surface area contributed by atoms with Gasteiger partial charge >= 0.3 is 0 Å². The molecule has 1 atom stereocenters. The maximum Gasteiger partial charge on any atom is 0.251 e. The monoisotopic (exact) mass is 357 g/mol.